The van der Waals surface area contributed by atoms with Crippen LogP contribution in [0.3, 0.4) is 0 Å². The topological polar surface area (TPSA) is 73.1 Å². The van der Waals surface area contributed by atoms with Gasteiger partial charge in [-0.3, -0.25) is 9.69 Å². The lowest BCUT2D eigenvalue weighted by atomic mass is 10.2. The van der Waals surface area contributed by atoms with Gasteiger partial charge in [-0.25, -0.2) is 19.0 Å². The zero-order valence-electron chi connectivity index (χ0n) is 13.3. The van der Waals surface area contributed by atoms with Gasteiger partial charge in [0.2, 0.25) is 0 Å². The summed E-state index contributed by atoms with van der Waals surface area (Å²) < 4.78 is 21.3. The Bertz CT molecular complexity index is 876. The Morgan fingerprint density at radius 2 is 2.40 bits per heavy atom. The molecule has 1 aliphatic heterocycles. The monoisotopic (exact) mass is 361 g/mol. The molecule has 4 rings (SSSR count). The predicted octanol–water partition coefficient (Wildman–Crippen LogP) is 2.24. The van der Waals surface area contributed by atoms with Gasteiger partial charge in [-0.1, -0.05) is 11.3 Å². The molecule has 3 aromatic rings. The molecule has 0 bridgehead atoms. The summed E-state index contributed by atoms with van der Waals surface area (Å²) in [6, 6.07) is 4.42. The van der Waals surface area contributed by atoms with Crippen LogP contribution in [0.5, 0.6) is 0 Å². The molecule has 0 saturated carbocycles. The Labute approximate surface area is 147 Å². The van der Waals surface area contributed by atoms with Gasteiger partial charge in [0.25, 0.3) is 5.91 Å². The summed E-state index contributed by atoms with van der Waals surface area (Å²) in [6.45, 7) is 1.20. The molecule has 3 heterocycles. The van der Waals surface area contributed by atoms with Gasteiger partial charge in [0, 0.05) is 6.61 Å². The Balaban J connectivity index is 1.63. The second-order valence-electron chi connectivity index (χ2n) is 5.84. The summed E-state index contributed by atoms with van der Waals surface area (Å²) in [6.07, 6.45) is 4.77. The van der Waals surface area contributed by atoms with Crippen molar-refractivity contribution in [3.05, 3.63) is 36.7 Å². The molecule has 130 valence electrons. The predicted molar refractivity (Wildman–Crippen MR) is 90.9 cm³/mol. The van der Waals surface area contributed by atoms with Gasteiger partial charge in [-0.15, -0.1) is 0 Å². The second-order valence-corrected chi connectivity index (χ2v) is 6.85. The fourth-order valence-corrected chi connectivity index (χ4v) is 3.84. The van der Waals surface area contributed by atoms with Gasteiger partial charge in [0.1, 0.15) is 25.0 Å². The summed E-state index contributed by atoms with van der Waals surface area (Å²) in [5.41, 5.74) is 0.673. The number of carbonyl (C=O) groups is 1. The van der Waals surface area contributed by atoms with E-state index in [1.54, 1.807) is 11.0 Å². The summed E-state index contributed by atoms with van der Waals surface area (Å²) in [7, 11) is 0. The minimum absolute atomic E-state index is 0.0107. The maximum Gasteiger partial charge on any atom is 0.250 e. The number of thiazole rings is 1. The summed E-state index contributed by atoms with van der Waals surface area (Å²) in [4.78, 5) is 22.8. The Kier molecular flexibility index (Phi) is 4.41. The van der Waals surface area contributed by atoms with Crippen molar-refractivity contribution in [3.63, 3.8) is 0 Å². The van der Waals surface area contributed by atoms with Gasteiger partial charge >= 0.3 is 0 Å². The minimum atomic E-state index is -0.317. The van der Waals surface area contributed by atoms with Crippen LogP contribution in [0.4, 0.5) is 9.52 Å². The lowest BCUT2D eigenvalue weighted by Gasteiger charge is -2.22. The third kappa shape index (κ3) is 3.52. The highest BCUT2D eigenvalue weighted by Crippen LogP contribution is 2.30. The van der Waals surface area contributed by atoms with Crippen molar-refractivity contribution in [1.29, 1.82) is 0 Å². The van der Waals surface area contributed by atoms with Crippen molar-refractivity contribution in [2.45, 2.75) is 25.5 Å². The quantitative estimate of drug-likeness (QED) is 0.697. The fraction of sp³-hybridized carbons (Fsp3) is 0.375. The Morgan fingerprint density at radius 3 is 3.16 bits per heavy atom. The highest BCUT2D eigenvalue weighted by molar-refractivity contribution is 7.22. The maximum atomic E-state index is 13.4. The third-order valence-corrected chi connectivity index (χ3v) is 5.09. The van der Waals surface area contributed by atoms with E-state index in [1.165, 1.54) is 40.8 Å². The van der Waals surface area contributed by atoms with Crippen molar-refractivity contribution in [3.8, 4) is 0 Å². The van der Waals surface area contributed by atoms with Crippen molar-refractivity contribution in [2.75, 3.05) is 18.1 Å². The van der Waals surface area contributed by atoms with Gasteiger partial charge in [-0.2, -0.15) is 5.10 Å². The molecule has 1 aliphatic rings. The Hall–Kier alpha value is -2.39. The van der Waals surface area contributed by atoms with Crippen LogP contribution in [-0.2, 0) is 16.1 Å². The molecule has 2 aromatic heterocycles. The summed E-state index contributed by atoms with van der Waals surface area (Å²) >= 11 is 1.30. The normalized spacial score (nSPS) is 17.2. The molecule has 0 radical (unpaired) electrons. The van der Waals surface area contributed by atoms with Crippen molar-refractivity contribution in [1.82, 2.24) is 19.7 Å². The lowest BCUT2D eigenvalue weighted by Crippen LogP contribution is -2.39. The first-order valence-electron chi connectivity index (χ1n) is 7.99. The second kappa shape index (κ2) is 6.85. The average Bonchev–Trinajstić information content (AvgIpc) is 3.33. The largest absolute Gasteiger partial charge is 0.376 e. The van der Waals surface area contributed by atoms with Crippen LogP contribution in [0.2, 0.25) is 0 Å². The van der Waals surface area contributed by atoms with E-state index < -0.39 is 0 Å². The smallest absolute Gasteiger partial charge is 0.250 e. The number of ether oxygens (including phenoxy) is 1. The molecule has 1 fully saturated rings. The van der Waals surface area contributed by atoms with E-state index in [-0.39, 0.29) is 24.4 Å². The third-order valence-electron chi connectivity index (χ3n) is 4.05. The number of hydrogen-bond acceptors (Lipinski definition) is 6. The molecular formula is C16H16FN5O2S. The molecule has 0 N–H and O–H groups in total. The molecule has 0 spiro atoms. The standard InChI is InChI=1S/C16H16FN5O2S/c17-11-3-4-13-14(6-11)25-16(20-13)22(7-12-2-1-5-24-12)15(23)8-21-10-18-9-19-21/h3-4,6,9-10,12H,1-2,5,7-8H2. The number of amides is 1. The number of benzene rings is 1. The number of fused-ring (bicyclic) bond motifs is 1. The lowest BCUT2D eigenvalue weighted by molar-refractivity contribution is -0.119. The first-order chi connectivity index (χ1) is 12.2. The molecule has 7 nitrogen and oxygen atoms in total. The molecule has 1 aromatic carbocycles. The number of anilines is 1. The van der Waals surface area contributed by atoms with Gasteiger partial charge in [0.05, 0.1) is 22.9 Å². The Morgan fingerprint density at radius 1 is 1.48 bits per heavy atom. The fourth-order valence-electron chi connectivity index (χ4n) is 2.82. The zero-order chi connectivity index (χ0) is 17.2. The molecule has 1 saturated heterocycles. The van der Waals surface area contributed by atoms with Crippen LogP contribution in [0.15, 0.2) is 30.9 Å². The van der Waals surface area contributed by atoms with Crippen LogP contribution in [0, 0.1) is 5.82 Å². The van der Waals surface area contributed by atoms with E-state index >= 15 is 0 Å². The number of carbonyl (C=O) groups excluding carboxylic acids is 1. The highest BCUT2D eigenvalue weighted by atomic mass is 32.1. The van der Waals surface area contributed by atoms with Gasteiger partial charge in [-0.05, 0) is 31.0 Å². The van der Waals surface area contributed by atoms with E-state index in [9.17, 15) is 9.18 Å². The van der Waals surface area contributed by atoms with E-state index in [1.807, 2.05) is 0 Å². The number of halogens is 1. The van der Waals surface area contributed by atoms with Crippen LogP contribution >= 0.6 is 11.3 Å². The minimum Gasteiger partial charge on any atom is -0.376 e. The number of rotatable bonds is 5. The van der Waals surface area contributed by atoms with E-state index in [4.69, 9.17) is 4.74 Å². The molecule has 1 unspecified atom stereocenters. The van der Waals surface area contributed by atoms with Crippen LogP contribution < -0.4 is 4.90 Å². The molecular weight excluding hydrogens is 345 g/mol. The summed E-state index contributed by atoms with van der Waals surface area (Å²) in [5.74, 6) is -0.470. The molecule has 1 amide bonds. The van der Waals surface area contributed by atoms with Crippen molar-refractivity contribution >= 4 is 32.6 Å². The molecule has 9 heteroatoms. The number of aromatic nitrogens is 4. The highest BCUT2D eigenvalue weighted by Gasteiger charge is 2.26. The summed E-state index contributed by atoms with van der Waals surface area (Å²) in [5, 5.41) is 4.52. The van der Waals surface area contributed by atoms with E-state index in [0.717, 1.165) is 12.8 Å². The molecule has 0 aliphatic carbocycles. The van der Waals surface area contributed by atoms with Gasteiger partial charge < -0.3 is 4.74 Å². The first kappa shape index (κ1) is 16.1. The van der Waals surface area contributed by atoms with E-state index in [0.29, 0.717) is 28.5 Å². The number of hydrogen-bond donors (Lipinski definition) is 0. The molecule has 25 heavy (non-hydrogen) atoms. The van der Waals surface area contributed by atoms with E-state index in [2.05, 4.69) is 15.1 Å². The van der Waals surface area contributed by atoms with Crippen LogP contribution in [0.25, 0.3) is 10.2 Å². The van der Waals surface area contributed by atoms with Gasteiger partial charge in [0.15, 0.2) is 5.13 Å². The maximum absolute atomic E-state index is 13.4. The first-order valence-corrected chi connectivity index (χ1v) is 8.81. The SMILES string of the molecule is O=C(Cn1cncn1)N(CC1CCCO1)c1nc2ccc(F)cc2s1. The zero-order valence-corrected chi connectivity index (χ0v) is 14.2. The number of nitrogens with zero attached hydrogens (tertiary/aromatic N) is 5. The molecule has 1 atom stereocenters. The average molecular weight is 361 g/mol. The van der Waals surface area contributed by atoms with Crippen LogP contribution in [-0.4, -0.2) is 44.9 Å². The van der Waals surface area contributed by atoms with Crippen LogP contribution in [0.1, 0.15) is 12.8 Å². The van der Waals surface area contributed by atoms with Crippen molar-refractivity contribution < 1.29 is 13.9 Å². The van der Waals surface area contributed by atoms with Crippen molar-refractivity contribution in [2.24, 2.45) is 0 Å².